The second-order valence-electron chi connectivity index (χ2n) is 3.76. The molecule has 1 heterocycles. The van der Waals surface area contributed by atoms with Crippen LogP contribution in [-0.2, 0) is 20.8 Å². The van der Waals surface area contributed by atoms with E-state index in [2.05, 4.69) is 10.4 Å². The van der Waals surface area contributed by atoms with E-state index < -0.39 is 0 Å². The van der Waals surface area contributed by atoms with Gasteiger partial charge >= 0.3 is 0 Å². The summed E-state index contributed by atoms with van der Waals surface area (Å²) < 4.78 is 17.2. The fourth-order valence-electron chi connectivity index (χ4n) is 1.58. The van der Waals surface area contributed by atoms with Gasteiger partial charge in [0.2, 0.25) is 0 Å². The van der Waals surface area contributed by atoms with Crippen LogP contribution in [0.1, 0.15) is 6.92 Å². The highest BCUT2D eigenvalue weighted by Gasteiger charge is 2.15. The van der Waals surface area contributed by atoms with Gasteiger partial charge in [-0.2, -0.15) is 5.10 Å². The van der Waals surface area contributed by atoms with Crippen LogP contribution < -0.4 is 5.32 Å². The number of ether oxygens (including phenoxy) is 3. The molecule has 6 heteroatoms. The Morgan fingerprint density at radius 1 is 1.35 bits per heavy atom. The van der Waals surface area contributed by atoms with Crippen molar-refractivity contribution in [3.63, 3.8) is 0 Å². The Morgan fingerprint density at radius 2 is 2.06 bits per heavy atom. The van der Waals surface area contributed by atoms with Crippen molar-refractivity contribution in [1.29, 1.82) is 0 Å². The van der Waals surface area contributed by atoms with Gasteiger partial charge in [-0.05, 0) is 6.92 Å². The SMILES string of the molecule is COCCn1cc(NC(C)C(OC)OC)cn1. The first-order valence-corrected chi connectivity index (χ1v) is 5.54. The molecule has 1 N–H and O–H groups in total. The minimum atomic E-state index is -0.280. The summed E-state index contributed by atoms with van der Waals surface area (Å²) >= 11 is 0. The summed E-state index contributed by atoms with van der Waals surface area (Å²) in [5.41, 5.74) is 0.938. The summed E-state index contributed by atoms with van der Waals surface area (Å²) in [5, 5.41) is 7.48. The Kier molecular flexibility index (Phi) is 5.96. The molecule has 1 unspecified atom stereocenters. The van der Waals surface area contributed by atoms with Gasteiger partial charge in [-0.1, -0.05) is 0 Å². The van der Waals surface area contributed by atoms with Crippen LogP contribution in [0.4, 0.5) is 5.69 Å². The van der Waals surface area contributed by atoms with E-state index in [-0.39, 0.29) is 12.3 Å². The number of anilines is 1. The average molecular weight is 243 g/mol. The summed E-state index contributed by atoms with van der Waals surface area (Å²) in [4.78, 5) is 0. The molecule has 1 aromatic rings. The van der Waals surface area contributed by atoms with Crippen molar-refractivity contribution in [3.05, 3.63) is 12.4 Å². The van der Waals surface area contributed by atoms with Crippen molar-refractivity contribution in [2.24, 2.45) is 0 Å². The number of methoxy groups -OCH3 is 3. The van der Waals surface area contributed by atoms with Gasteiger partial charge in [0.15, 0.2) is 6.29 Å². The topological polar surface area (TPSA) is 57.5 Å². The molecule has 0 spiro atoms. The highest BCUT2D eigenvalue weighted by atomic mass is 16.7. The molecule has 98 valence electrons. The number of nitrogens with zero attached hydrogens (tertiary/aromatic N) is 2. The zero-order valence-electron chi connectivity index (χ0n) is 10.8. The minimum absolute atomic E-state index is 0.0464. The van der Waals surface area contributed by atoms with Crippen molar-refractivity contribution >= 4 is 5.69 Å². The number of nitrogens with one attached hydrogen (secondary N) is 1. The molecule has 0 aliphatic carbocycles. The molecule has 17 heavy (non-hydrogen) atoms. The fourth-order valence-corrected chi connectivity index (χ4v) is 1.58. The molecule has 0 bridgehead atoms. The van der Waals surface area contributed by atoms with E-state index in [1.165, 1.54) is 0 Å². The molecule has 0 aliphatic heterocycles. The summed E-state index contributed by atoms with van der Waals surface area (Å²) in [6.07, 6.45) is 3.42. The summed E-state index contributed by atoms with van der Waals surface area (Å²) in [7, 11) is 4.91. The van der Waals surface area contributed by atoms with Crippen LogP contribution in [0.25, 0.3) is 0 Å². The smallest absolute Gasteiger partial charge is 0.176 e. The van der Waals surface area contributed by atoms with E-state index in [9.17, 15) is 0 Å². The second-order valence-corrected chi connectivity index (χ2v) is 3.76. The predicted octanol–water partition coefficient (Wildman–Crippen LogP) is 0.949. The molecule has 0 saturated heterocycles. The Labute approximate surface area is 102 Å². The third-order valence-corrected chi connectivity index (χ3v) is 2.42. The fraction of sp³-hybridized carbons (Fsp3) is 0.727. The van der Waals surface area contributed by atoms with Crippen LogP contribution >= 0.6 is 0 Å². The van der Waals surface area contributed by atoms with E-state index in [0.29, 0.717) is 6.61 Å². The van der Waals surface area contributed by atoms with Gasteiger partial charge in [-0.15, -0.1) is 0 Å². The van der Waals surface area contributed by atoms with E-state index >= 15 is 0 Å². The molecule has 0 aromatic carbocycles. The van der Waals surface area contributed by atoms with E-state index in [4.69, 9.17) is 14.2 Å². The highest BCUT2D eigenvalue weighted by Crippen LogP contribution is 2.10. The number of hydrogen-bond acceptors (Lipinski definition) is 5. The zero-order valence-corrected chi connectivity index (χ0v) is 10.8. The first-order valence-electron chi connectivity index (χ1n) is 5.54. The predicted molar refractivity (Wildman–Crippen MR) is 65.0 cm³/mol. The lowest BCUT2D eigenvalue weighted by molar-refractivity contribution is -0.109. The van der Waals surface area contributed by atoms with Gasteiger partial charge < -0.3 is 19.5 Å². The Morgan fingerprint density at radius 3 is 2.65 bits per heavy atom. The summed E-state index contributed by atoms with van der Waals surface area (Å²) in [6, 6.07) is 0.0464. The van der Waals surface area contributed by atoms with E-state index in [1.807, 2.05) is 17.8 Å². The van der Waals surface area contributed by atoms with Crippen LogP contribution in [0.15, 0.2) is 12.4 Å². The lowest BCUT2D eigenvalue weighted by atomic mass is 10.3. The Bertz CT molecular complexity index is 313. The van der Waals surface area contributed by atoms with Crippen molar-refractivity contribution in [2.75, 3.05) is 33.3 Å². The Balaban J connectivity index is 2.47. The van der Waals surface area contributed by atoms with Crippen molar-refractivity contribution < 1.29 is 14.2 Å². The normalized spacial score (nSPS) is 13.0. The average Bonchev–Trinajstić information content (AvgIpc) is 2.75. The molecule has 1 aromatic heterocycles. The highest BCUT2D eigenvalue weighted by molar-refractivity contribution is 5.39. The van der Waals surface area contributed by atoms with Crippen molar-refractivity contribution in [3.8, 4) is 0 Å². The number of hydrogen-bond donors (Lipinski definition) is 1. The molecule has 6 nitrogen and oxygen atoms in total. The van der Waals surface area contributed by atoms with Crippen LogP contribution in [0.5, 0.6) is 0 Å². The third-order valence-electron chi connectivity index (χ3n) is 2.42. The second kappa shape index (κ2) is 7.26. The maximum atomic E-state index is 5.17. The summed E-state index contributed by atoms with van der Waals surface area (Å²) in [6.45, 7) is 3.38. The van der Waals surface area contributed by atoms with E-state index in [0.717, 1.165) is 12.2 Å². The van der Waals surface area contributed by atoms with Crippen LogP contribution in [0, 0.1) is 0 Å². The standard InChI is InChI=1S/C11H21N3O3/c1-9(11(16-3)17-4)13-10-7-12-14(8-10)5-6-15-2/h7-9,11,13H,5-6H2,1-4H3. The number of rotatable bonds is 8. The quantitative estimate of drug-likeness (QED) is 0.689. The van der Waals surface area contributed by atoms with Gasteiger partial charge in [0, 0.05) is 27.5 Å². The van der Waals surface area contributed by atoms with Gasteiger partial charge in [-0.25, -0.2) is 0 Å². The molecule has 0 aliphatic rings. The van der Waals surface area contributed by atoms with Crippen LogP contribution in [0.2, 0.25) is 0 Å². The molecule has 0 saturated carbocycles. The van der Waals surface area contributed by atoms with Gasteiger partial charge in [0.25, 0.3) is 0 Å². The monoisotopic (exact) mass is 243 g/mol. The molecular formula is C11H21N3O3. The first kappa shape index (κ1) is 14.0. The molecule has 0 radical (unpaired) electrons. The summed E-state index contributed by atoms with van der Waals surface area (Å²) in [5.74, 6) is 0. The van der Waals surface area contributed by atoms with Gasteiger partial charge in [-0.3, -0.25) is 4.68 Å². The van der Waals surface area contributed by atoms with Crippen LogP contribution in [-0.4, -0.2) is 50.0 Å². The maximum absolute atomic E-state index is 5.17. The van der Waals surface area contributed by atoms with Crippen LogP contribution in [0.3, 0.4) is 0 Å². The molecule has 1 atom stereocenters. The van der Waals surface area contributed by atoms with E-state index in [1.54, 1.807) is 27.5 Å². The van der Waals surface area contributed by atoms with Gasteiger partial charge in [0.05, 0.1) is 31.1 Å². The largest absolute Gasteiger partial charge is 0.383 e. The molecule has 0 fully saturated rings. The lowest BCUT2D eigenvalue weighted by Gasteiger charge is -2.22. The zero-order chi connectivity index (χ0) is 12.7. The first-order chi connectivity index (χ1) is 8.21. The molecular weight excluding hydrogens is 222 g/mol. The minimum Gasteiger partial charge on any atom is -0.383 e. The van der Waals surface area contributed by atoms with Gasteiger partial charge in [0.1, 0.15) is 0 Å². The number of aromatic nitrogens is 2. The lowest BCUT2D eigenvalue weighted by Crippen LogP contribution is -2.33. The Hall–Kier alpha value is -1.11. The third kappa shape index (κ3) is 4.33. The van der Waals surface area contributed by atoms with Crippen molar-refractivity contribution in [2.45, 2.75) is 25.8 Å². The maximum Gasteiger partial charge on any atom is 0.176 e. The van der Waals surface area contributed by atoms with Crippen molar-refractivity contribution in [1.82, 2.24) is 9.78 Å². The molecule has 1 rings (SSSR count). The molecule has 0 amide bonds.